The second-order valence-corrected chi connectivity index (χ2v) is 2.99. The predicted molar refractivity (Wildman–Crippen MR) is 43.5 cm³/mol. The summed E-state index contributed by atoms with van der Waals surface area (Å²) in [6.45, 7) is 1.70. The molecule has 4 nitrogen and oxygen atoms in total. The van der Waals surface area contributed by atoms with Crippen LogP contribution in [-0.4, -0.2) is 32.8 Å². The summed E-state index contributed by atoms with van der Waals surface area (Å²) in [6, 6.07) is 0. The van der Waals surface area contributed by atoms with Gasteiger partial charge in [-0.25, -0.2) is 0 Å². The number of carbonyl (C=O) groups is 1. The summed E-state index contributed by atoms with van der Waals surface area (Å²) >= 11 is 0. The van der Waals surface area contributed by atoms with Crippen molar-refractivity contribution < 1.29 is 14.3 Å². The van der Waals surface area contributed by atoms with Crippen LogP contribution in [0.4, 0.5) is 0 Å². The van der Waals surface area contributed by atoms with E-state index >= 15 is 0 Å². The monoisotopic (exact) mass is 173 g/mol. The number of hydrogen-bond acceptors (Lipinski definition) is 4. The minimum atomic E-state index is -0.159. The normalized spacial score (nSPS) is 29.8. The fourth-order valence-corrected chi connectivity index (χ4v) is 1.49. The Morgan fingerprint density at radius 1 is 1.75 bits per heavy atom. The molecule has 2 N–H and O–H groups in total. The van der Waals surface area contributed by atoms with Gasteiger partial charge in [-0.15, -0.1) is 0 Å². The van der Waals surface area contributed by atoms with Crippen molar-refractivity contribution in [1.82, 2.24) is 0 Å². The molecule has 1 fully saturated rings. The Balaban J connectivity index is 2.52. The summed E-state index contributed by atoms with van der Waals surface area (Å²) in [5.74, 6) is -0.0892. The Bertz CT molecular complexity index is 160. The smallest absolute Gasteiger partial charge is 0.309 e. The van der Waals surface area contributed by atoms with Crippen molar-refractivity contribution in [3.8, 4) is 0 Å². The van der Waals surface area contributed by atoms with Crippen LogP contribution in [0.15, 0.2) is 0 Å². The summed E-state index contributed by atoms with van der Waals surface area (Å²) in [7, 11) is 1.41. The van der Waals surface area contributed by atoms with E-state index in [1.165, 1.54) is 7.11 Å². The zero-order chi connectivity index (χ0) is 8.97. The summed E-state index contributed by atoms with van der Waals surface area (Å²) in [5, 5.41) is 0. The van der Waals surface area contributed by atoms with Gasteiger partial charge in [0.05, 0.1) is 19.6 Å². The van der Waals surface area contributed by atoms with Crippen molar-refractivity contribution >= 4 is 5.97 Å². The number of ether oxygens (including phenoxy) is 2. The molecule has 0 saturated carbocycles. The van der Waals surface area contributed by atoms with Gasteiger partial charge in [0.1, 0.15) is 0 Å². The molecule has 1 aliphatic heterocycles. The van der Waals surface area contributed by atoms with Crippen LogP contribution in [0.5, 0.6) is 0 Å². The fourth-order valence-electron chi connectivity index (χ4n) is 1.49. The topological polar surface area (TPSA) is 61.5 Å². The molecule has 0 aromatic heterocycles. The van der Waals surface area contributed by atoms with Crippen LogP contribution in [0, 0.1) is 11.8 Å². The van der Waals surface area contributed by atoms with E-state index in [1.807, 2.05) is 0 Å². The molecule has 1 heterocycles. The Labute approximate surface area is 72.0 Å². The van der Waals surface area contributed by atoms with Crippen LogP contribution >= 0.6 is 0 Å². The van der Waals surface area contributed by atoms with Crippen LogP contribution in [-0.2, 0) is 14.3 Å². The van der Waals surface area contributed by atoms with Gasteiger partial charge < -0.3 is 15.2 Å². The number of methoxy groups -OCH3 is 1. The molecule has 0 aliphatic carbocycles. The molecular formula is C8H15NO3. The lowest BCUT2D eigenvalue weighted by Crippen LogP contribution is -2.38. The third kappa shape index (κ3) is 1.95. The summed E-state index contributed by atoms with van der Waals surface area (Å²) < 4.78 is 9.88. The Kier molecular flexibility index (Phi) is 3.49. The molecule has 70 valence electrons. The number of hydrogen-bond donors (Lipinski definition) is 1. The highest BCUT2D eigenvalue weighted by Crippen LogP contribution is 2.21. The van der Waals surface area contributed by atoms with E-state index < -0.39 is 0 Å². The van der Waals surface area contributed by atoms with Gasteiger partial charge in [0.25, 0.3) is 0 Å². The van der Waals surface area contributed by atoms with E-state index in [1.54, 1.807) is 0 Å². The third-order valence-electron chi connectivity index (χ3n) is 2.28. The first kappa shape index (κ1) is 9.48. The average molecular weight is 173 g/mol. The van der Waals surface area contributed by atoms with Gasteiger partial charge in [-0.1, -0.05) is 0 Å². The molecule has 12 heavy (non-hydrogen) atoms. The molecular weight excluding hydrogens is 158 g/mol. The SMILES string of the molecule is COC(=O)C1CCOCC1CN. The van der Waals surface area contributed by atoms with E-state index in [0.29, 0.717) is 19.8 Å². The second kappa shape index (κ2) is 4.42. The highest BCUT2D eigenvalue weighted by molar-refractivity contribution is 5.72. The van der Waals surface area contributed by atoms with Gasteiger partial charge in [0, 0.05) is 12.5 Å². The zero-order valence-corrected chi connectivity index (χ0v) is 7.29. The van der Waals surface area contributed by atoms with Crippen molar-refractivity contribution in [1.29, 1.82) is 0 Å². The lowest BCUT2D eigenvalue weighted by atomic mass is 9.88. The van der Waals surface area contributed by atoms with Gasteiger partial charge in [0.2, 0.25) is 0 Å². The standard InChI is InChI=1S/C8H15NO3/c1-11-8(10)7-2-3-12-5-6(7)4-9/h6-7H,2-5,9H2,1H3. The maximum absolute atomic E-state index is 11.2. The van der Waals surface area contributed by atoms with Crippen molar-refractivity contribution in [2.45, 2.75) is 6.42 Å². The summed E-state index contributed by atoms with van der Waals surface area (Å²) in [4.78, 5) is 11.2. The van der Waals surface area contributed by atoms with E-state index in [-0.39, 0.29) is 17.8 Å². The third-order valence-corrected chi connectivity index (χ3v) is 2.28. The molecule has 2 unspecified atom stereocenters. The zero-order valence-electron chi connectivity index (χ0n) is 7.29. The molecule has 0 aromatic rings. The predicted octanol–water partition coefficient (Wildman–Crippen LogP) is -0.229. The number of carbonyl (C=O) groups excluding carboxylic acids is 1. The van der Waals surface area contributed by atoms with Crippen molar-refractivity contribution in [2.75, 3.05) is 26.9 Å². The van der Waals surface area contributed by atoms with E-state index in [0.717, 1.165) is 6.42 Å². The molecule has 1 aliphatic rings. The lowest BCUT2D eigenvalue weighted by Gasteiger charge is -2.28. The first-order chi connectivity index (χ1) is 5.79. The molecule has 2 atom stereocenters. The first-order valence-corrected chi connectivity index (χ1v) is 4.15. The fraction of sp³-hybridized carbons (Fsp3) is 0.875. The Morgan fingerprint density at radius 3 is 3.08 bits per heavy atom. The number of nitrogens with two attached hydrogens (primary N) is 1. The molecule has 1 rings (SSSR count). The van der Waals surface area contributed by atoms with Gasteiger partial charge in [-0.2, -0.15) is 0 Å². The van der Waals surface area contributed by atoms with E-state index in [4.69, 9.17) is 10.5 Å². The van der Waals surface area contributed by atoms with Gasteiger partial charge >= 0.3 is 5.97 Å². The molecule has 0 aromatic carbocycles. The van der Waals surface area contributed by atoms with Crippen molar-refractivity contribution in [3.05, 3.63) is 0 Å². The van der Waals surface area contributed by atoms with Crippen molar-refractivity contribution in [3.63, 3.8) is 0 Å². The maximum atomic E-state index is 11.2. The van der Waals surface area contributed by atoms with Crippen LogP contribution in [0.25, 0.3) is 0 Å². The quantitative estimate of drug-likeness (QED) is 0.586. The molecule has 0 amide bonds. The molecule has 0 bridgehead atoms. The average Bonchev–Trinajstić information content (AvgIpc) is 2.16. The highest BCUT2D eigenvalue weighted by Gasteiger charge is 2.31. The van der Waals surface area contributed by atoms with Crippen LogP contribution in [0.3, 0.4) is 0 Å². The number of esters is 1. The summed E-state index contributed by atoms with van der Waals surface area (Å²) in [5.41, 5.74) is 5.50. The maximum Gasteiger partial charge on any atom is 0.309 e. The van der Waals surface area contributed by atoms with Gasteiger partial charge in [-0.05, 0) is 13.0 Å². The van der Waals surface area contributed by atoms with Crippen molar-refractivity contribution in [2.24, 2.45) is 17.6 Å². The van der Waals surface area contributed by atoms with Gasteiger partial charge in [-0.3, -0.25) is 4.79 Å². The largest absolute Gasteiger partial charge is 0.469 e. The minimum absolute atomic E-state index is 0.0613. The Morgan fingerprint density at radius 2 is 2.50 bits per heavy atom. The van der Waals surface area contributed by atoms with Crippen LogP contribution < -0.4 is 5.73 Å². The van der Waals surface area contributed by atoms with Crippen LogP contribution in [0.1, 0.15) is 6.42 Å². The minimum Gasteiger partial charge on any atom is -0.469 e. The highest BCUT2D eigenvalue weighted by atomic mass is 16.5. The molecule has 0 radical (unpaired) electrons. The van der Waals surface area contributed by atoms with Crippen LogP contribution in [0.2, 0.25) is 0 Å². The summed E-state index contributed by atoms with van der Waals surface area (Å²) in [6.07, 6.45) is 0.731. The molecule has 0 spiro atoms. The molecule has 1 saturated heterocycles. The Hall–Kier alpha value is -0.610. The lowest BCUT2D eigenvalue weighted by molar-refractivity contribution is -0.151. The number of rotatable bonds is 2. The second-order valence-electron chi connectivity index (χ2n) is 2.99. The van der Waals surface area contributed by atoms with E-state index in [9.17, 15) is 4.79 Å². The van der Waals surface area contributed by atoms with E-state index in [2.05, 4.69) is 4.74 Å². The molecule has 4 heteroatoms. The van der Waals surface area contributed by atoms with Gasteiger partial charge in [0.15, 0.2) is 0 Å². The first-order valence-electron chi connectivity index (χ1n) is 4.15.